The van der Waals surface area contributed by atoms with E-state index in [0.29, 0.717) is 13.0 Å². The molecule has 2 N–H and O–H groups in total. The SMILES string of the molecule is CCN(CC)c1ccc(NC(=O)CCNCc2ccc(OC)cc2)c(C)c1. The molecule has 27 heavy (non-hydrogen) atoms. The Labute approximate surface area is 162 Å². The topological polar surface area (TPSA) is 53.6 Å². The van der Waals surface area contributed by atoms with Crippen LogP contribution in [0.3, 0.4) is 0 Å². The summed E-state index contributed by atoms with van der Waals surface area (Å²) in [6.45, 7) is 9.64. The molecule has 0 aliphatic heterocycles. The van der Waals surface area contributed by atoms with Crippen LogP contribution in [0.1, 0.15) is 31.4 Å². The number of anilines is 2. The minimum atomic E-state index is 0.0240. The van der Waals surface area contributed by atoms with Crippen molar-refractivity contribution < 1.29 is 9.53 Å². The third-order valence-electron chi connectivity index (χ3n) is 4.63. The Morgan fingerprint density at radius 3 is 2.37 bits per heavy atom. The van der Waals surface area contributed by atoms with Crippen molar-refractivity contribution in [1.29, 1.82) is 0 Å². The Bertz CT molecular complexity index is 725. The van der Waals surface area contributed by atoms with E-state index in [4.69, 9.17) is 4.74 Å². The number of ether oxygens (including phenoxy) is 1. The van der Waals surface area contributed by atoms with Crippen molar-refractivity contribution >= 4 is 17.3 Å². The fourth-order valence-corrected chi connectivity index (χ4v) is 2.96. The molecule has 0 saturated carbocycles. The number of nitrogens with zero attached hydrogens (tertiary/aromatic N) is 1. The molecule has 0 atom stereocenters. The van der Waals surface area contributed by atoms with Crippen molar-refractivity contribution in [3.63, 3.8) is 0 Å². The first kappa shape index (κ1) is 20.8. The normalized spacial score (nSPS) is 10.5. The summed E-state index contributed by atoms with van der Waals surface area (Å²) in [5.74, 6) is 0.872. The van der Waals surface area contributed by atoms with Crippen molar-refractivity contribution in [1.82, 2.24) is 5.32 Å². The van der Waals surface area contributed by atoms with Crippen molar-refractivity contribution in [2.24, 2.45) is 0 Å². The van der Waals surface area contributed by atoms with Crippen LogP contribution < -0.4 is 20.3 Å². The number of amides is 1. The maximum Gasteiger partial charge on any atom is 0.225 e. The van der Waals surface area contributed by atoms with Crippen LogP contribution in [0.15, 0.2) is 42.5 Å². The van der Waals surface area contributed by atoms with Crippen molar-refractivity contribution in [2.45, 2.75) is 33.7 Å². The molecule has 0 spiro atoms. The average Bonchev–Trinajstić information content (AvgIpc) is 2.68. The molecule has 0 aromatic heterocycles. The summed E-state index contributed by atoms with van der Waals surface area (Å²) >= 11 is 0. The summed E-state index contributed by atoms with van der Waals surface area (Å²) in [5, 5.41) is 6.31. The van der Waals surface area contributed by atoms with Crippen molar-refractivity contribution in [3.8, 4) is 5.75 Å². The fraction of sp³-hybridized carbons (Fsp3) is 0.409. The number of nitrogens with one attached hydrogen (secondary N) is 2. The monoisotopic (exact) mass is 369 g/mol. The number of benzene rings is 2. The molecule has 2 rings (SSSR count). The van der Waals surface area contributed by atoms with Gasteiger partial charge in [-0.1, -0.05) is 12.1 Å². The van der Waals surface area contributed by atoms with Gasteiger partial charge in [-0.05, 0) is 62.2 Å². The second-order valence-corrected chi connectivity index (χ2v) is 6.49. The molecule has 5 nitrogen and oxygen atoms in total. The van der Waals surface area contributed by atoms with Gasteiger partial charge in [-0.3, -0.25) is 4.79 Å². The van der Waals surface area contributed by atoms with E-state index in [1.807, 2.05) is 37.3 Å². The highest BCUT2D eigenvalue weighted by atomic mass is 16.5. The van der Waals surface area contributed by atoms with E-state index in [2.05, 4.69) is 41.5 Å². The van der Waals surface area contributed by atoms with E-state index in [1.54, 1.807) is 7.11 Å². The van der Waals surface area contributed by atoms with Crippen LogP contribution in [0.2, 0.25) is 0 Å². The van der Waals surface area contributed by atoms with Gasteiger partial charge in [0.25, 0.3) is 0 Å². The van der Waals surface area contributed by atoms with Gasteiger partial charge >= 0.3 is 0 Å². The molecular formula is C22H31N3O2. The molecule has 0 unspecified atom stereocenters. The fourth-order valence-electron chi connectivity index (χ4n) is 2.96. The Balaban J connectivity index is 1.78. The third-order valence-corrected chi connectivity index (χ3v) is 4.63. The van der Waals surface area contributed by atoms with Gasteiger partial charge in [-0.15, -0.1) is 0 Å². The van der Waals surface area contributed by atoms with Gasteiger partial charge in [0.05, 0.1) is 7.11 Å². The number of methoxy groups -OCH3 is 1. The van der Waals surface area contributed by atoms with E-state index in [0.717, 1.165) is 36.6 Å². The van der Waals surface area contributed by atoms with Crippen LogP contribution in [-0.4, -0.2) is 32.7 Å². The smallest absolute Gasteiger partial charge is 0.225 e. The Morgan fingerprint density at radius 1 is 1.07 bits per heavy atom. The lowest BCUT2D eigenvalue weighted by Crippen LogP contribution is -2.23. The molecule has 0 aliphatic rings. The van der Waals surface area contributed by atoms with Gasteiger partial charge in [0.1, 0.15) is 5.75 Å². The van der Waals surface area contributed by atoms with Crippen molar-refractivity contribution in [2.75, 3.05) is 37.0 Å². The van der Waals surface area contributed by atoms with Crippen LogP contribution in [0, 0.1) is 6.92 Å². The number of rotatable bonds is 10. The van der Waals surface area contributed by atoms with Gasteiger partial charge in [0.2, 0.25) is 5.91 Å². The molecule has 146 valence electrons. The molecule has 2 aromatic carbocycles. The quantitative estimate of drug-likeness (QED) is 0.622. The number of aryl methyl sites for hydroxylation is 1. The second kappa shape index (κ2) is 10.6. The third kappa shape index (κ3) is 6.29. The lowest BCUT2D eigenvalue weighted by atomic mass is 10.1. The molecule has 0 bridgehead atoms. The maximum absolute atomic E-state index is 12.2. The highest BCUT2D eigenvalue weighted by Gasteiger charge is 2.08. The minimum Gasteiger partial charge on any atom is -0.497 e. The summed E-state index contributed by atoms with van der Waals surface area (Å²) in [6.07, 6.45) is 0.438. The largest absolute Gasteiger partial charge is 0.497 e. The van der Waals surface area contributed by atoms with Gasteiger partial charge in [0.15, 0.2) is 0 Å². The zero-order valence-electron chi connectivity index (χ0n) is 16.8. The van der Waals surface area contributed by atoms with E-state index in [9.17, 15) is 4.79 Å². The Morgan fingerprint density at radius 2 is 1.78 bits per heavy atom. The van der Waals surface area contributed by atoms with E-state index >= 15 is 0 Å². The standard InChI is InChI=1S/C22H31N3O2/c1-5-25(6-2)19-9-12-21(17(3)15-19)24-22(26)13-14-23-16-18-7-10-20(27-4)11-8-18/h7-12,15,23H,5-6,13-14,16H2,1-4H3,(H,24,26). The van der Waals surface area contributed by atoms with Gasteiger partial charge < -0.3 is 20.3 Å². The Hall–Kier alpha value is -2.53. The molecule has 0 aliphatic carbocycles. The maximum atomic E-state index is 12.2. The number of carbonyl (C=O) groups excluding carboxylic acids is 1. The predicted molar refractivity (Wildman–Crippen MR) is 113 cm³/mol. The van der Waals surface area contributed by atoms with E-state index in [1.165, 1.54) is 11.3 Å². The lowest BCUT2D eigenvalue weighted by Gasteiger charge is -2.22. The zero-order chi connectivity index (χ0) is 19.6. The molecule has 0 radical (unpaired) electrons. The van der Waals surface area contributed by atoms with Crippen LogP contribution in [0.5, 0.6) is 5.75 Å². The molecule has 0 heterocycles. The molecule has 5 heteroatoms. The van der Waals surface area contributed by atoms with Crippen molar-refractivity contribution in [3.05, 3.63) is 53.6 Å². The van der Waals surface area contributed by atoms with Crippen LogP contribution >= 0.6 is 0 Å². The first-order chi connectivity index (χ1) is 13.1. The molecule has 2 aromatic rings. The average molecular weight is 370 g/mol. The number of hydrogen-bond acceptors (Lipinski definition) is 4. The first-order valence-corrected chi connectivity index (χ1v) is 9.56. The summed E-state index contributed by atoms with van der Waals surface area (Å²) in [4.78, 5) is 14.5. The molecule has 0 saturated heterocycles. The molecular weight excluding hydrogens is 338 g/mol. The van der Waals surface area contributed by atoms with Crippen LogP contribution in [0.4, 0.5) is 11.4 Å². The number of carbonyl (C=O) groups is 1. The van der Waals surface area contributed by atoms with E-state index in [-0.39, 0.29) is 5.91 Å². The second-order valence-electron chi connectivity index (χ2n) is 6.49. The lowest BCUT2D eigenvalue weighted by molar-refractivity contribution is -0.116. The molecule has 0 fully saturated rings. The minimum absolute atomic E-state index is 0.0240. The highest BCUT2D eigenvalue weighted by molar-refractivity contribution is 5.91. The van der Waals surface area contributed by atoms with Gasteiger partial charge in [-0.25, -0.2) is 0 Å². The molecule has 1 amide bonds. The summed E-state index contributed by atoms with van der Waals surface area (Å²) in [5.41, 5.74) is 4.32. The first-order valence-electron chi connectivity index (χ1n) is 9.56. The Kier molecular flexibility index (Phi) is 8.14. The van der Waals surface area contributed by atoms with Gasteiger partial charge in [0, 0.05) is 44.0 Å². The van der Waals surface area contributed by atoms with Crippen LogP contribution in [-0.2, 0) is 11.3 Å². The van der Waals surface area contributed by atoms with Crippen LogP contribution in [0.25, 0.3) is 0 Å². The summed E-state index contributed by atoms with van der Waals surface area (Å²) in [6, 6.07) is 14.1. The number of hydrogen-bond donors (Lipinski definition) is 2. The summed E-state index contributed by atoms with van der Waals surface area (Å²) < 4.78 is 5.15. The summed E-state index contributed by atoms with van der Waals surface area (Å²) in [7, 11) is 1.66. The zero-order valence-corrected chi connectivity index (χ0v) is 16.8. The highest BCUT2D eigenvalue weighted by Crippen LogP contribution is 2.22. The van der Waals surface area contributed by atoms with Gasteiger partial charge in [-0.2, -0.15) is 0 Å². The predicted octanol–water partition coefficient (Wildman–Crippen LogP) is 3.97. The van der Waals surface area contributed by atoms with E-state index < -0.39 is 0 Å².